The third-order valence-electron chi connectivity index (χ3n) is 3.22. The van der Waals surface area contributed by atoms with E-state index in [2.05, 4.69) is 35.5 Å². The maximum atomic E-state index is 11.6. The van der Waals surface area contributed by atoms with E-state index in [-0.39, 0.29) is 5.56 Å². The molecule has 0 bridgehead atoms. The zero-order valence-corrected chi connectivity index (χ0v) is 14.9. The van der Waals surface area contributed by atoms with Crippen molar-refractivity contribution < 1.29 is 0 Å². The predicted octanol–water partition coefficient (Wildman–Crippen LogP) is 4.72. The van der Waals surface area contributed by atoms with Crippen LogP contribution in [0, 0.1) is 13.8 Å². The van der Waals surface area contributed by atoms with Gasteiger partial charge in [-0.3, -0.25) is 8.75 Å². The zero-order chi connectivity index (χ0) is 16.1. The van der Waals surface area contributed by atoms with Gasteiger partial charge in [-0.15, -0.1) is 11.3 Å². The van der Waals surface area contributed by atoms with Gasteiger partial charge in [0.2, 0.25) is 0 Å². The summed E-state index contributed by atoms with van der Waals surface area (Å²) in [6.07, 6.45) is 0. The summed E-state index contributed by atoms with van der Waals surface area (Å²) in [5.74, 6) is 0. The Kier molecular flexibility index (Phi) is 5.69. The number of hydrogen-bond acceptors (Lipinski definition) is 4. The van der Waals surface area contributed by atoms with Crippen LogP contribution in [0.5, 0.6) is 0 Å². The van der Waals surface area contributed by atoms with Crippen molar-refractivity contribution in [2.45, 2.75) is 34.2 Å². The van der Waals surface area contributed by atoms with Crippen LogP contribution in [0.4, 0.5) is 0 Å². The maximum Gasteiger partial charge on any atom is 0.260 e. The molecule has 0 atom stereocenters. The first kappa shape index (κ1) is 16.6. The van der Waals surface area contributed by atoms with Crippen molar-refractivity contribution in [3.8, 4) is 11.3 Å². The quantitative estimate of drug-likeness (QED) is 0.695. The van der Waals surface area contributed by atoms with E-state index in [1.165, 1.54) is 22.7 Å². The molecule has 0 N–H and O–H groups in total. The zero-order valence-electron chi connectivity index (χ0n) is 13.3. The molecule has 3 aromatic rings. The molecule has 2 aromatic heterocycles. The summed E-state index contributed by atoms with van der Waals surface area (Å²) in [7, 11) is 0. The summed E-state index contributed by atoms with van der Waals surface area (Å²) in [5, 5.41) is 4.98. The Morgan fingerprint density at radius 2 is 1.95 bits per heavy atom. The lowest BCUT2D eigenvalue weighted by Gasteiger charge is -2.07. The lowest BCUT2D eigenvalue weighted by Crippen LogP contribution is -2.13. The first-order valence-corrected chi connectivity index (χ1v) is 9.02. The van der Waals surface area contributed by atoms with E-state index in [0.717, 1.165) is 16.3 Å². The number of benzene rings is 1. The molecule has 22 heavy (non-hydrogen) atoms. The molecule has 0 saturated carbocycles. The van der Waals surface area contributed by atoms with E-state index in [1.807, 2.05) is 26.2 Å². The number of rotatable bonds is 3. The van der Waals surface area contributed by atoms with Gasteiger partial charge < -0.3 is 0 Å². The fraction of sp³-hybridized carbons (Fsp3) is 0.294. The molecule has 0 unspecified atom stereocenters. The second kappa shape index (κ2) is 7.51. The molecule has 0 spiro atoms. The molecule has 0 fully saturated rings. The Hall–Kier alpha value is -1.72. The third kappa shape index (κ3) is 3.72. The Morgan fingerprint density at radius 3 is 2.50 bits per heavy atom. The van der Waals surface area contributed by atoms with Crippen LogP contribution in [0.3, 0.4) is 0 Å². The normalized spacial score (nSPS) is 10.2. The minimum absolute atomic E-state index is 0.0635. The molecular weight excluding hydrogens is 312 g/mol. The Bertz CT molecular complexity index is 799. The van der Waals surface area contributed by atoms with E-state index >= 15 is 0 Å². The molecule has 2 heterocycles. The Balaban J connectivity index is 0.000000847. The minimum atomic E-state index is 0.0635. The van der Waals surface area contributed by atoms with Gasteiger partial charge in [-0.2, -0.15) is 0 Å². The number of hydrogen-bond donors (Lipinski definition) is 0. The molecule has 0 radical (unpaired) electrons. The lowest BCUT2D eigenvalue weighted by atomic mass is 10.0. The van der Waals surface area contributed by atoms with Crippen molar-refractivity contribution >= 4 is 22.9 Å². The van der Waals surface area contributed by atoms with E-state index in [0.29, 0.717) is 6.54 Å². The van der Waals surface area contributed by atoms with Gasteiger partial charge in [0.25, 0.3) is 5.56 Å². The van der Waals surface area contributed by atoms with Gasteiger partial charge in [0.05, 0.1) is 17.2 Å². The molecule has 0 saturated heterocycles. The van der Waals surface area contributed by atoms with Crippen molar-refractivity contribution in [2.24, 2.45) is 0 Å². The van der Waals surface area contributed by atoms with E-state index < -0.39 is 0 Å². The number of thiazole rings is 1. The summed E-state index contributed by atoms with van der Waals surface area (Å²) < 4.78 is 1.76. The van der Waals surface area contributed by atoms with Gasteiger partial charge in [0, 0.05) is 22.4 Å². The van der Waals surface area contributed by atoms with Crippen molar-refractivity contribution in [3.63, 3.8) is 0 Å². The molecule has 116 valence electrons. The first-order chi connectivity index (χ1) is 10.6. The monoisotopic (exact) mass is 332 g/mol. The van der Waals surface area contributed by atoms with Gasteiger partial charge in [0.1, 0.15) is 0 Å². The van der Waals surface area contributed by atoms with Crippen molar-refractivity contribution in [1.29, 1.82) is 0 Å². The van der Waals surface area contributed by atoms with Crippen LogP contribution in [0.2, 0.25) is 0 Å². The fourth-order valence-corrected chi connectivity index (χ4v) is 3.42. The van der Waals surface area contributed by atoms with Crippen molar-refractivity contribution in [2.75, 3.05) is 0 Å². The van der Waals surface area contributed by atoms with E-state index in [1.54, 1.807) is 21.4 Å². The molecule has 0 aliphatic rings. The molecule has 3 nitrogen and oxygen atoms in total. The molecule has 5 heteroatoms. The summed E-state index contributed by atoms with van der Waals surface area (Å²) in [6.45, 7) is 8.73. The highest BCUT2D eigenvalue weighted by Gasteiger charge is 2.06. The smallest absolute Gasteiger partial charge is 0.260 e. The average Bonchev–Trinajstić information content (AvgIpc) is 3.12. The summed E-state index contributed by atoms with van der Waals surface area (Å²) in [6, 6.07) is 7.91. The SMILES string of the molecule is CC.Cc1nc(-c2ccc(Cn3sccc3=O)c(C)c2)cs1. The Labute approximate surface area is 139 Å². The average molecular weight is 332 g/mol. The largest absolute Gasteiger partial charge is 0.268 e. The standard InChI is InChI=1S/C15H14N2OS2.C2H6/c1-10-7-12(14-9-19-11(2)16-14)3-4-13(10)8-17-15(18)5-6-20-17;1-2/h3-7,9H,8H2,1-2H3;1-2H3. The van der Waals surface area contributed by atoms with Crippen LogP contribution in [0.25, 0.3) is 11.3 Å². The van der Waals surface area contributed by atoms with Gasteiger partial charge in [-0.25, -0.2) is 4.98 Å². The molecule has 0 aliphatic heterocycles. The van der Waals surface area contributed by atoms with Crippen molar-refractivity contribution in [3.05, 3.63) is 61.5 Å². The summed E-state index contributed by atoms with van der Waals surface area (Å²) >= 11 is 3.11. The van der Waals surface area contributed by atoms with Gasteiger partial charge in [-0.1, -0.05) is 37.5 Å². The molecule has 0 amide bonds. The van der Waals surface area contributed by atoms with Crippen LogP contribution in [0.15, 0.2) is 39.8 Å². The van der Waals surface area contributed by atoms with Crippen LogP contribution in [-0.2, 0) is 6.54 Å². The van der Waals surface area contributed by atoms with Gasteiger partial charge >= 0.3 is 0 Å². The second-order valence-corrected chi connectivity index (χ2v) is 6.66. The molecule has 3 rings (SSSR count). The summed E-state index contributed by atoms with van der Waals surface area (Å²) in [4.78, 5) is 16.1. The van der Waals surface area contributed by atoms with Crippen LogP contribution in [0.1, 0.15) is 30.0 Å². The number of nitrogens with zero attached hydrogens (tertiary/aromatic N) is 2. The predicted molar refractivity (Wildman–Crippen MR) is 96.1 cm³/mol. The van der Waals surface area contributed by atoms with Crippen molar-refractivity contribution in [1.82, 2.24) is 8.94 Å². The highest BCUT2D eigenvalue weighted by molar-refractivity contribution is 7.09. The molecule has 1 aromatic carbocycles. The van der Waals surface area contributed by atoms with Gasteiger partial charge in [0.15, 0.2) is 0 Å². The minimum Gasteiger partial charge on any atom is -0.268 e. The first-order valence-electron chi connectivity index (χ1n) is 7.30. The highest BCUT2D eigenvalue weighted by atomic mass is 32.1. The molecular formula is C17H20N2OS2. The third-order valence-corrected chi connectivity index (χ3v) is 4.81. The Morgan fingerprint density at radius 1 is 1.18 bits per heavy atom. The summed E-state index contributed by atoms with van der Waals surface area (Å²) in [5.41, 5.74) is 4.58. The maximum absolute atomic E-state index is 11.6. The topological polar surface area (TPSA) is 34.9 Å². The van der Waals surface area contributed by atoms with Crippen LogP contribution >= 0.6 is 22.9 Å². The lowest BCUT2D eigenvalue weighted by molar-refractivity contribution is 0.843. The van der Waals surface area contributed by atoms with Crippen LogP contribution < -0.4 is 5.56 Å². The van der Waals surface area contributed by atoms with E-state index in [4.69, 9.17) is 0 Å². The number of aromatic nitrogens is 2. The number of aryl methyl sites for hydroxylation is 2. The van der Waals surface area contributed by atoms with Gasteiger partial charge in [-0.05, 0) is 31.0 Å². The molecule has 0 aliphatic carbocycles. The van der Waals surface area contributed by atoms with Crippen LogP contribution in [-0.4, -0.2) is 8.94 Å². The second-order valence-electron chi connectivity index (χ2n) is 4.68. The highest BCUT2D eigenvalue weighted by Crippen LogP contribution is 2.24. The fourth-order valence-electron chi connectivity index (χ4n) is 2.10. The van der Waals surface area contributed by atoms with E-state index in [9.17, 15) is 4.79 Å².